The van der Waals surface area contributed by atoms with Crippen LogP contribution >= 0.6 is 0 Å². The Kier molecular flexibility index (Phi) is 4.57. The SMILES string of the molecule is O=C(NCc1ccncc1)c1nc2cc(Cc3ccc(F)cc3)cnc2o1. The van der Waals surface area contributed by atoms with Crippen molar-refractivity contribution in [3.05, 3.63) is 89.5 Å². The molecule has 0 aliphatic rings. The first kappa shape index (κ1) is 16.8. The Bertz CT molecular complexity index is 1080. The van der Waals surface area contributed by atoms with Crippen LogP contribution in [-0.2, 0) is 13.0 Å². The third kappa shape index (κ3) is 3.98. The van der Waals surface area contributed by atoms with E-state index >= 15 is 0 Å². The minimum absolute atomic E-state index is 0.0366. The van der Waals surface area contributed by atoms with Crippen molar-refractivity contribution in [3.63, 3.8) is 0 Å². The first-order valence-corrected chi connectivity index (χ1v) is 8.34. The van der Waals surface area contributed by atoms with Crippen molar-refractivity contribution in [1.82, 2.24) is 20.3 Å². The van der Waals surface area contributed by atoms with Crippen molar-refractivity contribution < 1.29 is 13.6 Å². The van der Waals surface area contributed by atoms with E-state index in [1.807, 2.05) is 18.2 Å². The molecule has 0 unspecified atom stereocenters. The highest BCUT2D eigenvalue weighted by atomic mass is 19.1. The van der Waals surface area contributed by atoms with Crippen LogP contribution in [0.5, 0.6) is 0 Å². The van der Waals surface area contributed by atoms with Gasteiger partial charge in [-0.3, -0.25) is 9.78 Å². The number of halogens is 1. The first-order valence-electron chi connectivity index (χ1n) is 8.34. The molecule has 4 aromatic rings. The molecule has 0 saturated heterocycles. The van der Waals surface area contributed by atoms with Crippen molar-refractivity contribution in [2.75, 3.05) is 0 Å². The van der Waals surface area contributed by atoms with Crippen LogP contribution in [0, 0.1) is 5.82 Å². The summed E-state index contributed by atoms with van der Waals surface area (Å²) in [6.45, 7) is 0.351. The maximum Gasteiger partial charge on any atom is 0.307 e. The molecule has 0 bridgehead atoms. The lowest BCUT2D eigenvalue weighted by Gasteiger charge is -2.01. The molecular formula is C20H15FN4O2. The van der Waals surface area contributed by atoms with Crippen LogP contribution in [-0.4, -0.2) is 20.9 Å². The highest BCUT2D eigenvalue weighted by molar-refractivity contribution is 5.91. The summed E-state index contributed by atoms with van der Waals surface area (Å²) in [7, 11) is 0. The number of amides is 1. The van der Waals surface area contributed by atoms with E-state index in [1.54, 1.807) is 30.7 Å². The second-order valence-electron chi connectivity index (χ2n) is 6.03. The van der Waals surface area contributed by atoms with Crippen LogP contribution in [0.2, 0.25) is 0 Å². The number of carbonyl (C=O) groups is 1. The third-order valence-corrected chi connectivity index (χ3v) is 4.02. The summed E-state index contributed by atoms with van der Waals surface area (Å²) in [5.41, 5.74) is 3.58. The largest absolute Gasteiger partial charge is 0.413 e. The second-order valence-corrected chi connectivity index (χ2v) is 6.03. The van der Waals surface area contributed by atoms with Crippen molar-refractivity contribution >= 4 is 17.1 Å². The van der Waals surface area contributed by atoms with Crippen LogP contribution in [0.4, 0.5) is 4.39 Å². The van der Waals surface area contributed by atoms with Gasteiger partial charge in [0.05, 0.1) is 0 Å². The minimum Gasteiger partial charge on any atom is -0.413 e. The molecule has 134 valence electrons. The highest BCUT2D eigenvalue weighted by Crippen LogP contribution is 2.17. The van der Waals surface area contributed by atoms with Gasteiger partial charge in [-0.1, -0.05) is 12.1 Å². The van der Waals surface area contributed by atoms with Gasteiger partial charge in [0.25, 0.3) is 5.89 Å². The molecule has 27 heavy (non-hydrogen) atoms. The molecule has 0 radical (unpaired) electrons. The predicted octanol–water partition coefficient (Wildman–Crippen LogP) is 3.28. The molecule has 6 nitrogen and oxygen atoms in total. The number of fused-ring (bicyclic) bond motifs is 1. The Labute approximate surface area is 154 Å². The Morgan fingerprint density at radius 2 is 1.81 bits per heavy atom. The van der Waals surface area contributed by atoms with Gasteiger partial charge in [-0.15, -0.1) is 0 Å². The number of nitrogens with one attached hydrogen (secondary N) is 1. The number of hydrogen-bond acceptors (Lipinski definition) is 5. The van der Waals surface area contributed by atoms with E-state index in [2.05, 4.69) is 20.3 Å². The van der Waals surface area contributed by atoms with Gasteiger partial charge in [0.1, 0.15) is 11.3 Å². The maximum atomic E-state index is 13.0. The van der Waals surface area contributed by atoms with Gasteiger partial charge < -0.3 is 9.73 Å². The van der Waals surface area contributed by atoms with E-state index < -0.39 is 5.91 Å². The molecule has 0 aliphatic heterocycles. The van der Waals surface area contributed by atoms with Crippen molar-refractivity contribution in [2.45, 2.75) is 13.0 Å². The molecule has 1 aromatic carbocycles. The van der Waals surface area contributed by atoms with Gasteiger partial charge in [0, 0.05) is 25.1 Å². The third-order valence-electron chi connectivity index (χ3n) is 4.02. The van der Waals surface area contributed by atoms with Crippen LogP contribution in [0.1, 0.15) is 27.4 Å². The number of carbonyl (C=O) groups excluding carboxylic acids is 1. The van der Waals surface area contributed by atoms with E-state index in [-0.39, 0.29) is 11.7 Å². The average Bonchev–Trinajstić information content (AvgIpc) is 3.12. The monoisotopic (exact) mass is 362 g/mol. The zero-order valence-electron chi connectivity index (χ0n) is 14.2. The van der Waals surface area contributed by atoms with Crippen molar-refractivity contribution in [1.29, 1.82) is 0 Å². The zero-order valence-corrected chi connectivity index (χ0v) is 14.2. The zero-order chi connectivity index (χ0) is 18.6. The van der Waals surface area contributed by atoms with Crippen molar-refractivity contribution in [3.8, 4) is 0 Å². The Hall–Kier alpha value is -3.61. The number of aromatic nitrogens is 3. The van der Waals surface area contributed by atoms with Crippen LogP contribution in [0.15, 0.2) is 65.5 Å². The standard InChI is InChI=1S/C20H15FN4O2/c21-16-3-1-13(2-4-16)9-15-10-17-19(24-12-15)27-20(25-17)18(26)23-11-14-5-7-22-8-6-14/h1-8,10,12H,9,11H2,(H,23,26). The molecule has 0 saturated carbocycles. The van der Waals surface area contributed by atoms with Gasteiger partial charge in [-0.2, -0.15) is 0 Å². The van der Waals surface area contributed by atoms with E-state index in [0.717, 1.165) is 16.7 Å². The van der Waals surface area contributed by atoms with Crippen LogP contribution in [0.25, 0.3) is 11.2 Å². The van der Waals surface area contributed by atoms with Crippen molar-refractivity contribution in [2.24, 2.45) is 0 Å². The van der Waals surface area contributed by atoms with Gasteiger partial charge >= 0.3 is 5.91 Å². The predicted molar refractivity (Wildman–Crippen MR) is 96.4 cm³/mol. The molecule has 0 atom stereocenters. The van der Waals surface area contributed by atoms with Gasteiger partial charge in [-0.25, -0.2) is 14.4 Å². The number of hydrogen-bond donors (Lipinski definition) is 1. The Morgan fingerprint density at radius 3 is 2.59 bits per heavy atom. The molecule has 3 aromatic heterocycles. The number of pyridine rings is 2. The summed E-state index contributed by atoms with van der Waals surface area (Å²) in [6.07, 6.45) is 5.57. The minimum atomic E-state index is -0.412. The molecule has 4 rings (SSSR count). The fourth-order valence-corrected chi connectivity index (χ4v) is 2.66. The van der Waals surface area contributed by atoms with Crippen LogP contribution in [0.3, 0.4) is 0 Å². The molecule has 1 N–H and O–H groups in total. The summed E-state index contributed by atoms with van der Waals surface area (Å²) in [4.78, 5) is 24.6. The first-order chi connectivity index (χ1) is 13.2. The number of rotatable bonds is 5. The van der Waals surface area contributed by atoms with Gasteiger partial charge in [-0.05, 0) is 53.4 Å². The van der Waals surface area contributed by atoms with Crippen LogP contribution < -0.4 is 5.32 Å². The molecule has 7 heteroatoms. The molecule has 0 fully saturated rings. The van der Waals surface area contributed by atoms with E-state index in [0.29, 0.717) is 24.2 Å². The number of nitrogens with zero attached hydrogens (tertiary/aromatic N) is 3. The lowest BCUT2D eigenvalue weighted by Crippen LogP contribution is -2.23. The fraction of sp³-hybridized carbons (Fsp3) is 0.100. The Balaban J connectivity index is 1.48. The van der Waals surface area contributed by atoms with E-state index in [4.69, 9.17) is 4.42 Å². The second kappa shape index (κ2) is 7.33. The molecule has 0 spiro atoms. The average molecular weight is 362 g/mol. The smallest absolute Gasteiger partial charge is 0.307 e. The summed E-state index contributed by atoms with van der Waals surface area (Å²) >= 11 is 0. The Morgan fingerprint density at radius 1 is 1.04 bits per heavy atom. The topological polar surface area (TPSA) is 80.9 Å². The lowest BCUT2D eigenvalue weighted by molar-refractivity contribution is 0.0918. The fourth-order valence-electron chi connectivity index (χ4n) is 2.66. The highest BCUT2D eigenvalue weighted by Gasteiger charge is 2.15. The quantitative estimate of drug-likeness (QED) is 0.589. The molecule has 1 amide bonds. The summed E-state index contributed by atoms with van der Waals surface area (Å²) in [5.74, 6) is -0.721. The lowest BCUT2D eigenvalue weighted by atomic mass is 10.1. The maximum absolute atomic E-state index is 13.0. The molecule has 3 heterocycles. The normalized spacial score (nSPS) is 10.9. The number of oxazole rings is 1. The number of benzene rings is 1. The molecular weight excluding hydrogens is 347 g/mol. The summed E-state index contributed by atoms with van der Waals surface area (Å²) in [5, 5.41) is 2.75. The molecule has 0 aliphatic carbocycles. The summed E-state index contributed by atoms with van der Waals surface area (Å²) < 4.78 is 18.5. The van der Waals surface area contributed by atoms with E-state index in [9.17, 15) is 9.18 Å². The van der Waals surface area contributed by atoms with Gasteiger partial charge in [0.2, 0.25) is 5.71 Å². The van der Waals surface area contributed by atoms with E-state index in [1.165, 1.54) is 12.1 Å². The van der Waals surface area contributed by atoms with Gasteiger partial charge in [0.15, 0.2) is 0 Å². The summed E-state index contributed by atoms with van der Waals surface area (Å²) in [6, 6.07) is 11.7.